The highest BCUT2D eigenvalue weighted by atomic mass is 16.6. The molecule has 0 saturated carbocycles. The number of rotatable bonds is 7. The van der Waals surface area contributed by atoms with Gasteiger partial charge >= 0.3 is 5.97 Å². The number of ether oxygens (including phenoxy) is 3. The quantitative estimate of drug-likeness (QED) is 0.420. The van der Waals surface area contributed by atoms with E-state index < -0.39 is 16.8 Å². The van der Waals surface area contributed by atoms with Crippen LogP contribution < -0.4 is 14.8 Å². The minimum Gasteiger partial charge on any atom is -0.494 e. The largest absolute Gasteiger partial charge is 0.494 e. The third-order valence-electron chi connectivity index (χ3n) is 4.63. The van der Waals surface area contributed by atoms with Crippen molar-refractivity contribution < 1.29 is 28.7 Å². The van der Waals surface area contributed by atoms with Gasteiger partial charge in [0.2, 0.25) is 0 Å². The zero-order chi connectivity index (χ0) is 21.8. The van der Waals surface area contributed by atoms with E-state index in [-0.39, 0.29) is 29.5 Å². The molecular weight excluding hydrogens is 392 g/mol. The molecule has 0 bridgehead atoms. The summed E-state index contributed by atoms with van der Waals surface area (Å²) in [5, 5.41) is 13.9. The summed E-state index contributed by atoms with van der Waals surface area (Å²) >= 11 is 0. The molecule has 0 radical (unpaired) electrons. The average molecular weight is 414 g/mol. The van der Waals surface area contributed by atoms with Crippen LogP contribution in [0.1, 0.15) is 45.7 Å². The Hall–Kier alpha value is -3.62. The summed E-state index contributed by atoms with van der Waals surface area (Å²) in [5.41, 5.74) is 1.29. The number of nitrogens with zero attached hydrogens (tertiary/aromatic N) is 1. The van der Waals surface area contributed by atoms with E-state index in [1.165, 1.54) is 6.07 Å². The molecule has 0 saturated heterocycles. The van der Waals surface area contributed by atoms with E-state index >= 15 is 0 Å². The molecule has 2 aromatic rings. The van der Waals surface area contributed by atoms with E-state index in [0.29, 0.717) is 12.4 Å². The molecule has 0 spiro atoms. The Bertz CT molecular complexity index is 1000. The second-order valence-electron chi connectivity index (χ2n) is 6.83. The molecule has 1 heterocycles. The molecule has 2 aromatic carbocycles. The normalized spacial score (nSPS) is 14.4. The Balaban J connectivity index is 1.84. The molecule has 0 aromatic heterocycles. The Morgan fingerprint density at radius 2 is 1.97 bits per heavy atom. The summed E-state index contributed by atoms with van der Waals surface area (Å²) in [6, 6.07) is 7.17. The SMILES string of the molecule is CCOc1cc2c(cc1CNC(=O)c1cc(C(=O)OC)cc([N+](=O)[O-])c1)O[C@H](C)C2. The van der Waals surface area contributed by atoms with Crippen LogP contribution in [0.4, 0.5) is 5.69 Å². The fourth-order valence-electron chi connectivity index (χ4n) is 3.27. The fraction of sp³-hybridized carbons (Fsp3) is 0.333. The van der Waals surface area contributed by atoms with Gasteiger partial charge in [0.15, 0.2) is 0 Å². The van der Waals surface area contributed by atoms with Crippen molar-refractivity contribution in [3.63, 3.8) is 0 Å². The predicted molar refractivity (Wildman–Crippen MR) is 107 cm³/mol. The maximum absolute atomic E-state index is 12.7. The Morgan fingerprint density at radius 1 is 1.23 bits per heavy atom. The maximum Gasteiger partial charge on any atom is 0.338 e. The van der Waals surface area contributed by atoms with E-state index in [4.69, 9.17) is 9.47 Å². The standard InChI is InChI=1S/C21H22N2O7/c1-4-29-18-9-13-5-12(2)30-19(13)10-16(18)11-22-20(24)14-6-15(21(25)28-3)8-17(7-14)23(26)27/h6-10,12H,4-5,11H2,1-3H3,(H,22,24)/t12-/m1/s1. The van der Waals surface area contributed by atoms with Crippen LogP contribution in [-0.2, 0) is 17.7 Å². The Labute approximate surface area is 173 Å². The van der Waals surface area contributed by atoms with E-state index in [2.05, 4.69) is 10.1 Å². The Morgan fingerprint density at radius 3 is 2.63 bits per heavy atom. The molecular formula is C21H22N2O7. The number of hydrogen-bond acceptors (Lipinski definition) is 7. The number of benzene rings is 2. The van der Waals surface area contributed by atoms with E-state index in [0.717, 1.165) is 42.5 Å². The van der Waals surface area contributed by atoms with Crippen molar-refractivity contribution in [2.75, 3.05) is 13.7 Å². The highest BCUT2D eigenvalue weighted by Crippen LogP contribution is 2.35. The molecule has 1 N–H and O–H groups in total. The number of nitro benzene ring substituents is 1. The van der Waals surface area contributed by atoms with Gasteiger partial charge in [-0.3, -0.25) is 14.9 Å². The van der Waals surface area contributed by atoms with Crippen LogP contribution in [0.2, 0.25) is 0 Å². The van der Waals surface area contributed by atoms with Gasteiger partial charge in [0.1, 0.15) is 17.6 Å². The van der Waals surface area contributed by atoms with Crippen LogP contribution >= 0.6 is 0 Å². The van der Waals surface area contributed by atoms with Gasteiger partial charge in [0, 0.05) is 41.8 Å². The van der Waals surface area contributed by atoms with Gasteiger partial charge in [-0.25, -0.2) is 4.79 Å². The first kappa shape index (κ1) is 21.1. The Kier molecular flexibility index (Phi) is 6.20. The lowest BCUT2D eigenvalue weighted by atomic mass is 10.1. The number of nitro groups is 1. The van der Waals surface area contributed by atoms with Crippen LogP contribution in [0, 0.1) is 10.1 Å². The summed E-state index contributed by atoms with van der Waals surface area (Å²) in [5.74, 6) is 0.0550. The zero-order valence-electron chi connectivity index (χ0n) is 16.9. The summed E-state index contributed by atoms with van der Waals surface area (Å²) in [6.07, 6.45) is 0.854. The topological polar surface area (TPSA) is 117 Å². The molecule has 3 rings (SSSR count). The molecule has 1 atom stereocenters. The zero-order valence-corrected chi connectivity index (χ0v) is 16.9. The third kappa shape index (κ3) is 4.51. The van der Waals surface area contributed by atoms with E-state index in [9.17, 15) is 19.7 Å². The van der Waals surface area contributed by atoms with Crippen LogP contribution in [0.5, 0.6) is 11.5 Å². The summed E-state index contributed by atoms with van der Waals surface area (Å²) in [7, 11) is 1.16. The van der Waals surface area contributed by atoms with E-state index in [1.54, 1.807) is 0 Å². The number of carbonyl (C=O) groups is 2. The third-order valence-corrected chi connectivity index (χ3v) is 4.63. The number of amides is 1. The van der Waals surface area contributed by atoms with Crippen LogP contribution in [0.3, 0.4) is 0 Å². The molecule has 1 aliphatic rings. The number of esters is 1. The second-order valence-corrected chi connectivity index (χ2v) is 6.83. The highest BCUT2D eigenvalue weighted by Gasteiger charge is 2.23. The lowest BCUT2D eigenvalue weighted by molar-refractivity contribution is -0.384. The number of non-ortho nitro benzene ring substituents is 1. The van der Waals surface area contributed by atoms with Gasteiger partial charge in [-0.1, -0.05) is 0 Å². The first-order chi connectivity index (χ1) is 14.3. The molecule has 0 fully saturated rings. The monoisotopic (exact) mass is 414 g/mol. The van der Waals surface area contributed by atoms with Crippen molar-refractivity contribution in [2.45, 2.75) is 32.9 Å². The van der Waals surface area contributed by atoms with Crippen LogP contribution in [0.25, 0.3) is 0 Å². The van der Waals surface area contributed by atoms with Crippen molar-refractivity contribution in [1.82, 2.24) is 5.32 Å². The number of fused-ring (bicyclic) bond motifs is 1. The molecule has 1 aliphatic heterocycles. The number of nitrogens with one attached hydrogen (secondary N) is 1. The van der Waals surface area contributed by atoms with Gasteiger partial charge in [0.05, 0.1) is 24.2 Å². The average Bonchev–Trinajstić information content (AvgIpc) is 3.09. The van der Waals surface area contributed by atoms with Crippen LogP contribution in [-0.4, -0.2) is 36.6 Å². The lowest BCUT2D eigenvalue weighted by Gasteiger charge is -2.13. The van der Waals surface area contributed by atoms with Gasteiger partial charge in [-0.2, -0.15) is 0 Å². The molecule has 9 heteroatoms. The first-order valence-electron chi connectivity index (χ1n) is 9.43. The number of carbonyl (C=O) groups excluding carboxylic acids is 2. The smallest absolute Gasteiger partial charge is 0.338 e. The van der Waals surface area contributed by atoms with Crippen molar-refractivity contribution in [3.8, 4) is 11.5 Å². The van der Waals surface area contributed by atoms with Gasteiger partial charge in [-0.15, -0.1) is 0 Å². The molecule has 0 unspecified atom stereocenters. The first-order valence-corrected chi connectivity index (χ1v) is 9.43. The molecule has 9 nitrogen and oxygen atoms in total. The van der Waals surface area contributed by atoms with Crippen molar-refractivity contribution in [1.29, 1.82) is 0 Å². The molecule has 1 amide bonds. The number of methoxy groups -OCH3 is 1. The lowest BCUT2D eigenvalue weighted by Crippen LogP contribution is -2.23. The summed E-state index contributed by atoms with van der Waals surface area (Å²) in [6.45, 7) is 4.42. The molecule has 0 aliphatic carbocycles. The van der Waals surface area contributed by atoms with Crippen LogP contribution in [0.15, 0.2) is 30.3 Å². The summed E-state index contributed by atoms with van der Waals surface area (Å²) < 4.78 is 16.1. The van der Waals surface area contributed by atoms with Crippen molar-refractivity contribution in [3.05, 3.63) is 62.7 Å². The number of hydrogen-bond donors (Lipinski definition) is 1. The minimum atomic E-state index is -0.767. The second kappa shape index (κ2) is 8.81. The molecule has 30 heavy (non-hydrogen) atoms. The van der Waals surface area contributed by atoms with E-state index in [1.807, 2.05) is 26.0 Å². The minimum absolute atomic E-state index is 0.0198. The van der Waals surface area contributed by atoms with Gasteiger partial charge in [0.25, 0.3) is 11.6 Å². The predicted octanol–water partition coefficient (Wildman–Crippen LogP) is 3.03. The molecule has 158 valence electrons. The fourth-order valence-corrected chi connectivity index (χ4v) is 3.27. The summed E-state index contributed by atoms with van der Waals surface area (Å²) in [4.78, 5) is 34.9. The maximum atomic E-state index is 12.7. The van der Waals surface area contributed by atoms with Gasteiger partial charge in [-0.05, 0) is 32.0 Å². The highest BCUT2D eigenvalue weighted by molar-refractivity contribution is 5.99. The van der Waals surface area contributed by atoms with Gasteiger partial charge < -0.3 is 19.5 Å². The van der Waals surface area contributed by atoms with Crippen molar-refractivity contribution >= 4 is 17.6 Å². The van der Waals surface area contributed by atoms with Crippen molar-refractivity contribution in [2.24, 2.45) is 0 Å².